The Bertz CT molecular complexity index is 1210. The first-order valence-electron chi connectivity index (χ1n) is 9.34. The molecular weight excluding hydrogens is 409 g/mol. The summed E-state index contributed by atoms with van der Waals surface area (Å²) >= 11 is 0. The van der Waals surface area contributed by atoms with Gasteiger partial charge in [0.1, 0.15) is 5.75 Å². The molecule has 2 heterocycles. The van der Waals surface area contributed by atoms with Crippen LogP contribution >= 0.6 is 0 Å². The van der Waals surface area contributed by atoms with Crippen LogP contribution in [0.25, 0.3) is 11.0 Å². The molecule has 4 rings (SSSR count). The summed E-state index contributed by atoms with van der Waals surface area (Å²) in [4.78, 5) is 16.9. The van der Waals surface area contributed by atoms with Gasteiger partial charge in [-0.2, -0.15) is 18.3 Å². The molecule has 6 nitrogen and oxygen atoms in total. The van der Waals surface area contributed by atoms with E-state index in [-0.39, 0.29) is 5.75 Å². The third-order valence-electron chi connectivity index (χ3n) is 4.41. The standard InChI is InChI=1S/C22H17F3N4O2/c23-22(24,25)14-31-19-8-4-7-18(10-19)28-21(30)17-9-16-12-27-29(20(16)26-11-17)13-15-5-2-1-3-6-15/h1-12H,13-14H2,(H,28,30). The number of rotatable bonds is 6. The predicted molar refractivity (Wildman–Crippen MR) is 109 cm³/mol. The summed E-state index contributed by atoms with van der Waals surface area (Å²) in [6.07, 6.45) is -1.37. The molecular formula is C22H17F3N4O2. The number of anilines is 1. The monoisotopic (exact) mass is 426 g/mol. The molecule has 0 atom stereocenters. The topological polar surface area (TPSA) is 69.0 Å². The molecule has 0 fully saturated rings. The first kappa shape index (κ1) is 20.4. The van der Waals surface area contributed by atoms with Crippen LogP contribution in [0, 0.1) is 0 Å². The quantitative estimate of drug-likeness (QED) is 0.486. The minimum atomic E-state index is -4.44. The van der Waals surface area contributed by atoms with E-state index in [0.29, 0.717) is 28.8 Å². The number of amides is 1. The molecule has 1 amide bonds. The Morgan fingerprint density at radius 1 is 1.03 bits per heavy atom. The van der Waals surface area contributed by atoms with Crippen molar-refractivity contribution >= 4 is 22.6 Å². The van der Waals surface area contributed by atoms with Gasteiger partial charge in [-0.15, -0.1) is 0 Å². The number of carbonyl (C=O) groups is 1. The summed E-state index contributed by atoms with van der Waals surface area (Å²) in [5.41, 5.74) is 2.32. The van der Waals surface area contributed by atoms with Crippen molar-refractivity contribution in [3.05, 3.63) is 84.2 Å². The Morgan fingerprint density at radius 2 is 1.84 bits per heavy atom. The molecule has 0 aliphatic rings. The fourth-order valence-electron chi connectivity index (χ4n) is 3.00. The number of hydrogen-bond acceptors (Lipinski definition) is 4. The van der Waals surface area contributed by atoms with Gasteiger partial charge in [0.2, 0.25) is 0 Å². The SMILES string of the molecule is O=C(Nc1cccc(OCC(F)(F)F)c1)c1cnc2c(cnn2Cc2ccccc2)c1. The number of alkyl halides is 3. The van der Waals surface area contributed by atoms with Crippen LogP contribution < -0.4 is 10.1 Å². The van der Waals surface area contributed by atoms with E-state index in [2.05, 4.69) is 15.4 Å². The van der Waals surface area contributed by atoms with Gasteiger partial charge in [0.05, 0.1) is 18.3 Å². The fraction of sp³-hybridized carbons (Fsp3) is 0.136. The number of nitrogens with zero attached hydrogens (tertiary/aromatic N) is 3. The molecule has 0 saturated carbocycles. The molecule has 31 heavy (non-hydrogen) atoms. The van der Waals surface area contributed by atoms with E-state index < -0.39 is 18.7 Å². The number of pyridine rings is 1. The number of carbonyl (C=O) groups excluding carboxylic acids is 1. The Balaban J connectivity index is 1.47. The zero-order chi connectivity index (χ0) is 21.8. The van der Waals surface area contributed by atoms with E-state index in [1.54, 1.807) is 23.0 Å². The van der Waals surface area contributed by atoms with Crippen molar-refractivity contribution in [2.24, 2.45) is 0 Å². The summed E-state index contributed by atoms with van der Waals surface area (Å²) < 4.78 is 43.4. The maximum absolute atomic E-state index is 12.6. The van der Waals surface area contributed by atoms with E-state index >= 15 is 0 Å². The lowest BCUT2D eigenvalue weighted by Gasteiger charge is -2.11. The molecule has 2 aromatic heterocycles. The largest absolute Gasteiger partial charge is 0.484 e. The Kier molecular flexibility index (Phi) is 5.57. The minimum Gasteiger partial charge on any atom is -0.484 e. The third kappa shape index (κ3) is 5.19. The summed E-state index contributed by atoms with van der Waals surface area (Å²) in [5, 5.41) is 7.68. The van der Waals surface area contributed by atoms with E-state index in [0.717, 1.165) is 5.56 Å². The van der Waals surface area contributed by atoms with Gasteiger partial charge < -0.3 is 10.1 Å². The number of hydrogen-bond donors (Lipinski definition) is 1. The highest BCUT2D eigenvalue weighted by Crippen LogP contribution is 2.22. The van der Waals surface area contributed by atoms with Crippen LogP contribution in [0.5, 0.6) is 5.75 Å². The fourth-order valence-corrected chi connectivity index (χ4v) is 3.00. The molecule has 1 N–H and O–H groups in total. The van der Waals surface area contributed by atoms with Crippen LogP contribution in [0.3, 0.4) is 0 Å². The number of benzene rings is 2. The second-order valence-electron chi connectivity index (χ2n) is 6.81. The molecule has 9 heteroatoms. The van der Waals surface area contributed by atoms with Crippen LogP contribution in [0.2, 0.25) is 0 Å². The Labute approximate surface area is 175 Å². The number of fused-ring (bicyclic) bond motifs is 1. The second kappa shape index (κ2) is 8.47. The lowest BCUT2D eigenvalue weighted by atomic mass is 10.2. The number of aromatic nitrogens is 3. The van der Waals surface area contributed by atoms with Crippen molar-refractivity contribution in [2.75, 3.05) is 11.9 Å². The van der Waals surface area contributed by atoms with Crippen LogP contribution in [-0.2, 0) is 6.54 Å². The molecule has 0 aliphatic carbocycles. The van der Waals surface area contributed by atoms with Gasteiger partial charge in [0.15, 0.2) is 12.3 Å². The molecule has 0 saturated heterocycles. The van der Waals surface area contributed by atoms with E-state index in [1.165, 1.54) is 24.4 Å². The first-order valence-corrected chi connectivity index (χ1v) is 9.34. The van der Waals surface area contributed by atoms with Crippen LogP contribution in [0.1, 0.15) is 15.9 Å². The maximum atomic E-state index is 12.6. The predicted octanol–water partition coefficient (Wildman–Crippen LogP) is 4.67. The van der Waals surface area contributed by atoms with Gasteiger partial charge in [0.25, 0.3) is 5.91 Å². The lowest BCUT2D eigenvalue weighted by Crippen LogP contribution is -2.19. The van der Waals surface area contributed by atoms with Gasteiger partial charge in [-0.1, -0.05) is 36.4 Å². The normalized spacial score (nSPS) is 11.5. The average molecular weight is 426 g/mol. The Hall–Kier alpha value is -3.88. The summed E-state index contributed by atoms with van der Waals surface area (Å²) in [5.74, 6) is -0.441. The molecule has 0 bridgehead atoms. The van der Waals surface area contributed by atoms with Gasteiger partial charge in [-0.05, 0) is 23.8 Å². The maximum Gasteiger partial charge on any atom is 0.422 e. The highest BCUT2D eigenvalue weighted by Gasteiger charge is 2.28. The lowest BCUT2D eigenvalue weighted by molar-refractivity contribution is -0.153. The molecule has 0 aliphatic heterocycles. The van der Waals surface area contributed by atoms with Crippen molar-refractivity contribution in [3.8, 4) is 5.75 Å². The Morgan fingerprint density at radius 3 is 2.61 bits per heavy atom. The van der Waals surface area contributed by atoms with Crippen molar-refractivity contribution in [1.82, 2.24) is 14.8 Å². The van der Waals surface area contributed by atoms with E-state index in [9.17, 15) is 18.0 Å². The van der Waals surface area contributed by atoms with Crippen molar-refractivity contribution < 1.29 is 22.7 Å². The zero-order valence-corrected chi connectivity index (χ0v) is 16.1. The van der Waals surface area contributed by atoms with Gasteiger partial charge in [-0.3, -0.25) is 4.79 Å². The highest BCUT2D eigenvalue weighted by molar-refractivity contribution is 6.05. The minimum absolute atomic E-state index is 0.00545. The molecule has 0 radical (unpaired) electrons. The highest BCUT2D eigenvalue weighted by atomic mass is 19.4. The first-order chi connectivity index (χ1) is 14.9. The van der Waals surface area contributed by atoms with Crippen molar-refractivity contribution in [1.29, 1.82) is 0 Å². The summed E-state index contributed by atoms with van der Waals surface area (Å²) in [6, 6.07) is 17.2. The molecule has 158 valence electrons. The summed E-state index contributed by atoms with van der Waals surface area (Å²) in [7, 11) is 0. The molecule has 2 aromatic carbocycles. The zero-order valence-electron chi connectivity index (χ0n) is 16.1. The van der Waals surface area contributed by atoms with Crippen LogP contribution in [0.15, 0.2) is 73.1 Å². The molecule has 4 aromatic rings. The van der Waals surface area contributed by atoms with E-state index in [1.807, 2.05) is 30.3 Å². The molecule has 0 spiro atoms. The average Bonchev–Trinajstić information content (AvgIpc) is 3.15. The van der Waals surface area contributed by atoms with Crippen LogP contribution in [0.4, 0.5) is 18.9 Å². The van der Waals surface area contributed by atoms with Gasteiger partial charge >= 0.3 is 6.18 Å². The van der Waals surface area contributed by atoms with Crippen molar-refractivity contribution in [2.45, 2.75) is 12.7 Å². The number of halogens is 3. The van der Waals surface area contributed by atoms with Crippen LogP contribution in [-0.4, -0.2) is 33.5 Å². The number of ether oxygens (including phenoxy) is 1. The second-order valence-corrected chi connectivity index (χ2v) is 6.81. The van der Waals surface area contributed by atoms with E-state index in [4.69, 9.17) is 4.74 Å². The van der Waals surface area contributed by atoms with Crippen molar-refractivity contribution in [3.63, 3.8) is 0 Å². The summed E-state index contributed by atoms with van der Waals surface area (Å²) in [6.45, 7) is -0.856. The number of nitrogens with one attached hydrogen (secondary N) is 1. The van der Waals surface area contributed by atoms with Gasteiger partial charge in [-0.25, -0.2) is 9.67 Å². The third-order valence-corrected chi connectivity index (χ3v) is 4.41. The van der Waals surface area contributed by atoms with Gasteiger partial charge in [0, 0.05) is 23.3 Å². The molecule has 0 unspecified atom stereocenters. The smallest absolute Gasteiger partial charge is 0.422 e.